The fourth-order valence-electron chi connectivity index (χ4n) is 1.62. The topological polar surface area (TPSA) is 29.9 Å². The molecular weight excluding hydrogens is 231 g/mol. The second kappa shape index (κ2) is 4.40. The summed E-state index contributed by atoms with van der Waals surface area (Å²) in [5.74, 6) is 0. The number of hydrogen-bond acceptors (Lipinski definition) is 2. The van der Waals surface area contributed by atoms with Crippen molar-refractivity contribution in [2.45, 2.75) is 25.7 Å². The molecule has 0 amide bonds. The summed E-state index contributed by atoms with van der Waals surface area (Å²) < 4.78 is 37.4. The van der Waals surface area contributed by atoms with Crippen LogP contribution < -0.4 is 5.32 Å². The summed E-state index contributed by atoms with van der Waals surface area (Å²) in [6, 6.07) is 0. The Morgan fingerprint density at radius 3 is 2.87 bits per heavy atom. The van der Waals surface area contributed by atoms with E-state index in [9.17, 15) is 13.2 Å². The first kappa shape index (κ1) is 12.3. The van der Waals surface area contributed by atoms with Crippen molar-refractivity contribution in [2.75, 3.05) is 6.54 Å². The Morgan fingerprint density at radius 2 is 2.20 bits per heavy atom. The summed E-state index contributed by atoms with van der Waals surface area (Å²) in [5, 5.41) is 6.82. The standard InChI is InChI=1S/C8H10F3N3.ClH/c9-8(10,11)5-14-7-1-2-12-3-6(7)4-13-14;/h4,12H,1-3,5H2;1H. The second-order valence-electron chi connectivity index (χ2n) is 3.32. The Morgan fingerprint density at radius 1 is 1.47 bits per heavy atom. The molecule has 1 aliphatic heterocycles. The van der Waals surface area contributed by atoms with E-state index >= 15 is 0 Å². The minimum absolute atomic E-state index is 0. The lowest BCUT2D eigenvalue weighted by Crippen LogP contribution is -2.27. The smallest absolute Gasteiger partial charge is 0.312 e. The van der Waals surface area contributed by atoms with E-state index in [0.717, 1.165) is 16.8 Å². The largest absolute Gasteiger partial charge is 0.408 e. The van der Waals surface area contributed by atoms with Crippen molar-refractivity contribution in [3.63, 3.8) is 0 Å². The molecular formula is C8H11ClF3N3. The van der Waals surface area contributed by atoms with Gasteiger partial charge in [-0.1, -0.05) is 0 Å². The van der Waals surface area contributed by atoms with Crippen LogP contribution in [0.3, 0.4) is 0 Å². The van der Waals surface area contributed by atoms with E-state index < -0.39 is 12.7 Å². The Hall–Kier alpha value is -0.750. The molecule has 0 unspecified atom stereocenters. The molecule has 2 heterocycles. The van der Waals surface area contributed by atoms with Gasteiger partial charge in [-0.05, 0) is 0 Å². The summed E-state index contributed by atoms with van der Waals surface area (Å²) in [4.78, 5) is 0. The van der Waals surface area contributed by atoms with Crippen LogP contribution in [-0.2, 0) is 19.5 Å². The van der Waals surface area contributed by atoms with Crippen molar-refractivity contribution in [1.29, 1.82) is 0 Å². The maximum Gasteiger partial charge on any atom is 0.408 e. The van der Waals surface area contributed by atoms with Gasteiger partial charge < -0.3 is 5.32 Å². The Labute approximate surface area is 91.1 Å². The van der Waals surface area contributed by atoms with Crippen molar-refractivity contribution in [3.8, 4) is 0 Å². The molecule has 1 aromatic rings. The molecule has 0 atom stereocenters. The predicted octanol–water partition coefficient (Wildman–Crippen LogP) is 1.51. The van der Waals surface area contributed by atoms with E-state index in [1.54, 1.807) is 0 Å². The number of rotatable bonds is 1. The van der Waals surface area contributed by atoms with Crippen molar-refractivity contribution >= 4 is 12.4 Å². The van der Waals surface area contributed by atoms with E-state index in [2.05, 4.69) is 10.4 Å². The van der Waals surface area contributed by atoms with Gasteiger partial charge in [-0.2, -0.15) is 18.3 Å². The zero-order valence-electron chi connectivity index (χ0n) is 7.84. The zero-order chi connectivity index (χ0) is 10.2. The highest BCUT2D eigenvalue weighted by atomic mass is 35.5. The number of fused-ring (bicyclic) bond motifs is 1. The number of halogens is 4. The number of alkyl halides is 3. The van der Waals surface area contributed by atoms with E-state index in [0.29, 0.717) is 18.7 Å². The van der Waals surface area contributed by atoms with Crippen LogP contribution >= 0.6 is 12.4 Å². The quantitative estimate of drug-likeness (QED) is 0.808. The summed E-state index contributed by atoms with van der Waals surface area (Å²) in [6.07, 6.45) is -2.07. The van der Waals surface area contributed by atoms with Crippen LogP contribution in [-0.4, -0.2) is 22.5 Å². The highest BCUT2D eigenvalue weighted by Gasteiger charge is 2.30. The Balaban J connectivity index is 0.00000112. The fraction of sp³-hybridized carbons (Fsp3) is 0.625. The van der Waals surface area contributed by atoms with Crippen LogP contribution in [0.15, 0.2) is 6.20 Å². The molecule has 0 radical (unpaired) electrons. The predicted molar refractivity (Wildman–Crippen MR) is 50.9 cm³/mol. The molecule has 0 fully saturated rings. The maximum absolute atomic E-state index is 12.1. The first-order valence-corrected chi connectivity index (χ1v) is 4.37. The van der Waals surface area contributed by atoms with Crippen LogP contribution in [0.5, 0.6) is 0 Å². The van der Waals surface area contributed by atoms with Gasteiger partial charge in [-0.3, -0.25) is 4.68 Å². The lowest BCUT2D eigenvalue weighted by atomic mass is 10.1. The molecule has 1 aliphatic rings. The molecule has 0 aromatic carbocycles. The van der Waals surface area contributed by atoms with E-state index in [-0.39, 0.29) is 12.4 Å². The van der Waals surface area contributed by atoms with Crippen LogP contribution in [0, 0.1) is 0 Å². The van der Waals surface area contributed by atoms with Crippen LogP contribution in [0.2, 0.25) is 0 Å². The number of hydrogen-bond donors (Lipinski definition) is 1. The molecule has 0 saturated carbocycles. The van der Waals surface area contributed by atoms with Gasteiger partial charge in [0, 0.05) is 30.8 Å². The fourth-order valence-corrected chi connectivity index (χ4v) is 1.62. The minimum atomic E-state index is -4.19. The van der Waals surface area contributed by atoms with Gasteiger partial charge in [0.25, 0.3) is 0 Å². The van der Waals surface area contributed by atoms with Gasteiger partial charge in [0.2, 0.25) is 0 Å². The SMILES string of the molecule is Cl.FC(F)(F)Cn1ncc2c1CCNC2. The molecule has 0 bridgehead atoms. The molecule has 86 valence electrons. The molecule has 0 saturated heterocycles. The Kier molecular flexibility index (Phi) is 3.62. The molecule has 0 aliphatic carbocycles. The van der Waals surface area contributed by atoms with Gasteiger partial charge in [0.1, 0.15) is 6.54 Å². The Bertz CT molecular complexity index is 334. The third kappa shape index (κ3) is 2.85. The molecule has 7 heteroatoms. The average Bonchev–Trinajstić information content (AvgIpc) is 2.47. The third-order valence-electron chi connectivity index (χ3n) is 2.22. The summed E-state index contributed by atoms with van der Waals surface area (Å²) in [6.45, 7) is 0.353. The van der Waals surface area contributed by atoms with Crippen LogP contribution in [0.1, 0.15) is 11.3 Å². The second-order valence-corrected chi connectivity index (χ2v) is 3.32. The first-order valence-electron chi connectivity index (χ1n) is 4.37. The highest BCUT2D eigenvalue weighted by molar-refractivity contribution is 5.85. The van der Waals surface area contributed by atoms with Crippen LogP contribution in [0.25, 0.3) is 0 Å². The highest BCUT2D eigenvalue weighted by Crippen LogP contribution is 2.20. The first-order chi connectivity index (χ1) is 6.56. The summed E-state index contributed by atoms with van der Waals surface area (Å²) >= 11 is 0. The van der Waals surface area contributed by atoms with Gasteiger partial charge >= 0.3 is 6.18 Å². The minimum Gasteiger partial charge on any atom is -0.312 e. The van der Waals surface area contributed by atoms with Gasteiger partial charge in [-0.15, -0.1) is 12.4 Å². The maximum atomic E-state index is 12.1. The molecule has 1 N–H and O–H groups in total. The molecule has 3 nitrogen and oxygen atoms in total. The summed E-state index contributed by atoms with van der Waals surface area (Å²) in [7, 11) is 0. The van der Waals surface area contributed by atoms with Crippen molar-refractivity contribution in [3.05, 3.63) is 17.5 Å². The van der Waals surface area contributed by atoms with Gasteiger partial charge in [0.05, 0.1) is 6.20 Å². The van der Waals surface area contributed by atoms with Crippen LogP contribution in [0.4, 0.5) is 13.2 Å². The normalized spacial score (nSPS) is 15.7. The van der Waals surface area contributed by atoms with Crippen molar-refractivity contribution in [1.82, 2.24) is 15.1 Å². The van der Waals surface area contributed by atoms with E-state index in [1.807, 2.05) is 0 Å². The average molecular weight is 242 g/mol. The lowest BCUT2D eigenvalue weighted by Gasteiger charge is -2.15. The van der Waals surface area contributed by atoms with E-state index in [1.165, 1.54) is 6.20 Å². The zero-order valence-corrected chi connectivity index (χ0v) is 8.66. The lowest BCUT2D eigenvalue weighted by molar-refractivity contribution is -0.143. The summed E-state index contributed by atoms with van der Waals surface area (Å²) in [5.41, 5.74) is 1.58. The third-order valence-corrected chi connectivity index (χ3v) is 2.22. The van der Waals surface area contributed by atoms with Crippen molar-refractivity contribution < 1.29 is 13.2 Å². The number of nitrogens with one attached hydrogen (secondary N) is 1. The molecule has 2 rings (SSSR count). The van der Waals surface area contributed by atoms with Crippen molar-refractivity contribution in [2.24, 2.45) is 0 Å². The van der Waals surface area contributed by atoms with E-state index in [4.69, 9.17) is 0 Å². The molecule has 0 spiro atoms. The molecule has 1 aromatic heterocycles. The molecule has 15 heavy (non-hydrogen) atoms. The number of nitrogens with zero attached hydrogens (tertiary/aromatic N) is 2. The van der Waals surface area contributed by atoms with Gasteiger partial charge in [0.15, 0.2) is 0 Å². The van der Waals surface area contributed by atoms with Gasteiger partial charge in [-0.25, -0.2) is 0 Å². The monoisotopic (exact) mass is 241 g/mol. The number of aromatic nitrogens is 2.